The molecule has 0 N–H and O–H groups in total. The zero-order chi connectivity index (χ0) is 11.5. The zero-order valence-corrected chi connectivity index (χ0v) is 10.5. The molecule has 0 aliphatic carbocycles. The summed E-state index contributed by atoms with van der Waals surface area (Å²) < 4.78 is 4.77. The van der Waals surface area contributed by atoms with Gasteiger partial charge >= 0.3 is 5.97 Å². The highest BCUT2D eigenvalue weighted by Crippen LogP contribution is 2.22. The number of fused-ring (bicyclic) bond motifs is 1. The van der Waals surface area contributed by atoms with E-state index in [2.05, 4.69) is 15.9 Å². The first kappa shape index (κ1) is 11.1. The summed E-state index contributed by atoms with van der Waals surface area (Å²) in [7, 11) is 1.40. The number of ether oxygens (including phenoxy) is 1. The summed E-state index contributed by atoms with van der Waals surface area (Å²) in [5.41, 5.74) is 1.76. The van der Waals surface area contributed by atoms with E-state index in [1.54, 1.807) is 6.07 Å². The zero-order valence-electron chi connectivity index (χ0n) is 8.87. The molecule has 0 fully saturated rings. The lowest BCUT2D eigenvalue weighted by atomic mass is 10.0. The molecule has 2 aromatic carbocycles. The lowest BCUT2D eigenvalue weighted by Gasteiger charge is -2.06. The molecule has 0 amide bonds. The fourth-order valence-electron chi connectivity index (χ4n) is 1.69. The van der Waals surface area contributed by atoms with Crippen LogP contribution in [0.1, 0.15) is 15.9 Å². The number of rotatable bonds is 2. The maximum Gasteiger partial charge on any atom is 0.338 e. The Morgan fingerprint density at radius 1 is 1.31 bits per heavy atom. The number of esters is 1. The van der Waals surface area contributed by atoms with Crippen LogP contribution in [0.4, 0.5) is 0 Å². The summed E-state index contributed by atoms with van der Waals surface area (Å²) in [6, 6.07) is 11.7. The summed E-state index contributed by atoms with van der Waals surface area (Å²) >= 11 is 3.41. The van der Waals surface area contributed by atoms with Crippen LogP contribution >= 0.6 is 15.9 Å². The molecule has 0 saturated heterocycles. The standard InChI is InChI=1S/C13H11BrO2/c1-16-13(15)11-4-2-3-10-6-5-9(8-14)7-12(10)11/h2-7H,8H2,1H3. The molecule has 0 aromatic heterocycles. The van der Waals surface area contributed by atoms with E-state index in [0.29, 0.717) is 5.56 Å². The highest BCUT2D eigenvalue weighted by molar-refractivity contribution is 9.08. The van der Waals surface area contributed by atoms with Crippen LogP contribution in [-0.2, 0) is 10.1 Å². The van der Waals surface area contributed by atoms with Crippen molar-refractivity contribution in [2.75, 3.05) is 7.11 Å². The first-order chi connectivity index (χ1) is 7.76. The van der Waals surface area contributed by atoms with Gasteiger partial charge in [0.1, 0.15) is 0 Å². The third kappa shape index (κ3) is 1.95. The van der Waals surface area contributed by atoms with Crippen LogP contribution in [0.5, 0.6) is 0 Å². The van der Waals surface area contributed by atoms with Gasteiger partial charge in [-0.25, -0.2) is 4.79 Å². The van der Waals surface area contributed by atoms with Gasteiger partial charge in [0, 0.05) is 5.33 Å². The van der Waals surface area contributed by atoms with Gasteiger partial charge in [-0.3, -0.25) is 0 Å². The molecular weight excluding hydrogens is 268 g/mol. The molecule has 0 unspecified atom stereocenters. The number of benzene rings is 2. The van der Waals surface area contributed by atoms with Gasteiger partial charge < -0.3 is 4.74 Å². The predicted octanol–water partition coefficient (Wildman–Crippen LogP) is 3.52. The van der Waals surface area contributed by atoms with Crippen LogP contribution in [-0.4, -0.2) is 13.1 Å². The molecule has 0 bridgehead atoms. The summed E-state index contributed by atoms with van der Waals surface area (Å²) in [5.74, 6) is -0.294. The van der Waals surface area contributed by atoms with Crippen molar-refractivity contribution in [2.24, 2.45) is 0 Å². The van der Waals surface area contributed by atoms with E-state index in [-0.39, 0.29) is 5.97 Å². The molecule has 0 heterocycles. The lowest BCUT2D eigenvalue weighted by molar-refractivity contribution is 0.0603. The monoisotopic (exact) mass is 278 g/mol. The quantitative estimate of drug-likeness (QED) is 0.621. The van der Waals surface area contributed by atoms with Gasteiger partial charge in [0.25, 0.3) is 0 Å². The van der Waals surface area contributed by atoms with Crippen molar-refractivity contribution in [3.05, 3.63) is 47.5 Å². The SMILES string of the molecule is COC(=O)c1cccc2ccc(CBr)cc12. The maximum atomic E-state index is 11.6. The fourth-order valence-corrected chi connectivity index (χ4v) is 2.04. The van der Waals surface area contributed by atoms with Crippen LogP contribution < -0.4 is 0 Å². The smallest absolute Gasteiger partial charge is 0.338 e. The van der Waals surface area contributed by atoms with Crippen LogP contribution in [0, 0.1) is 0 Å². The Bertz CT molecular complexity index is 534. The van der Waals surface area contributed by atoms with Crippen molar-refractivity contribution in [2.45, 2.75) is 5.33 Å². The molecule has 0 aliphatic rings. The van der Waals surface area contributed by atoms with Crippen LogP contribution in [0.25, 0.3) is 10.8 Å². The number of hydrogen-bond donors (Lipinski definition) is 0. The Balaban J connectivity index is 2.68. The van der Waals surface area contributed by atoms with E-state index in [9.17, 15) is 4.79 Å². The third-order valence-corrected chi connectivity index (χ3v) is 3.15. The van der Waals surface area contributed by atoms with Gasteiger partial charge in [0.2, 0.25) is 0 Å². The average molecular weight is 279 g/mol. The Hall–Kier alpha value is -1.35. The van der Waals surface area contributed by atoms with Gasteiger partial charge in [-0.15, -0.1) is 0 Å². The van der Waals surface area contributed by atoms with Crippen LogP contribution in [0.15, 0.2) is 36.4 Å². The third-order valence-electron chi connectivity index (χ3n) is 2.51. The van der Waals surface area contributed by atoms with Crippen molar-refractivity contribution in [3.63, 3.8) is 0 Å². The van der Waals surface area contributed by atoms with E-state index in [4.69, 9.17) is 4.74 Å². The van der Waals surface area contributed by atoms with Gasteiger partial charge in [-0.05, 0) is 28.5 Å². The Morgan fingerprint density at radius 2 is 2.12 bits per heavy atom. The van der Waals surface area contributed by atoms with E-state index in [1.165, 1.54) is 7.11 Å². The highest BCUT2D eigenvalue weighted by Gasteiger charge is 2.09. The Labute approximate surface area is 102 Å². The van der Waals surface area contributed by atoms with Gasteiger partial charge in [-0.1, -0.05) is 40.2 Å². The van der Waals surface area contributed by atoms with Gasteiger partial charge in [0.05, 0.1) is 12.7 Å². The topological polar surface area (TPSA) is 26.3 Å². The largest absolute Gasteiger partial charge is 0.465 e. The number of carbonyl (C=O) groups excluding carboxylic acids is 1. The predicted molar refractivity (Wildman–Crippen MR) is 67.9 cm³/mol. The molecule has 0 radical (unpaired) electrons. The molecule has 2 aromatic rings. The molecule has 0 spiro atoms. The number of halogens is 1. The van der Waals surface area contributed by atoms with Crippen molar-refractivity contribution >= 4 is 32.7 Å². The minimum atomic E-state index is -0.294. The molecule has 0 aliphatic heterocycles. The first-order valence-electron chi connectivity index (χ1n) is 4.92. The van der Waals surface area contributed by atoms with Gasteiger partial charge in [0.15, 0.2) is 0 Å². The summed E-state index contributed by atoms with van der Waals surface area (Å²) in [6.07, 6.45) is 0. The van der Waals surface area contributed by atoms with Crippen molar-refractivity contribution in [1.29, 1.82) is 0 Å². The van der Waals surface area contributed by atoms with E-state index >= 15 is 0 Å². The molecule has 3 heteroatoms. The Morgan fingerprint density at radius 3 is 2.81 bits per heavy atom. The first-order valence-corrected chi connectivity index (χ1v) is 6.04. The highest BCUT2D eigenvalue weighted by atomic mass is 79.9. The van der Waals surface area contributed by atoms with Crippen molar-refractivity contribution in [3.8, 4) is 0 Å². The second-order valence-electron chi connectivity index (χ2n) is 3.49. The minimum Gasteiger partial charge on any atom is -0.465 e. The van der Waals surface area contributed by atoms with E-state index < -0.39 is 0 Å². The second kappa shape index (κ2) is 4.66. The summed E-state index contributed by atoms with van der Waals surface area (Å²) in [4.78, 5) is 11.6. The van der Waals surface area contributed by atoms with Crippen molar-refractivity contribution in [1.82, 2.24) is 0 Å². The molecule has 2 nitrogen and oxygen atoms in total. The van der Waals surface area contributed by atoms with Gasteiger partial charge in [-0.2, -0.15) is 0 Å². The number of alkyl halides is 1. The fraction of sp³-hybridized carbons (Fsp3) is 0.154. The van der Waals surface area contributed by atoms with Crippen LogP contribution in [0.2, 0.25) is 0 Å². The van der Waals surface area contributed by atoms with Crippen LogP contribution in [0.3, 0.4) is 0 Å². The molecule has 2 rings (SSSR count). The second-order valence-corrected chi connectivity index (χ2v) is 4.05. The van der Waals surface area contributed by atoms with E-state index in [1.807, 2.05) is 30.3 Å². The van der Waals surface area contributed by atoms with E-state index in [0.717, 1.165) is 21.7 Å². The Kier molecular flexibility index (Phi) is 3.25. The minimum absolute atomic E-state index is 0.294. The number of carbonyl (C=O) groups is 1. The summed E-state index contributed by atoms with van der Waals surface area (Å²) in [5, 5.41) is 2.76. The average Bonchev–Trinajstić information content (AvgIpc) is 2.36. The lowest BCUT2D eigenvalue weighted by Crippen LogP contribution is -2.01. The number of methoxy groups -OCH3 is 1. The molecule has 0 atom stereocenters. The molecular formula is C13H11BrO2. The molecule has 0 saturated carbocycles. The molecule has 16 heavy (non-hydrogen) atoms. The van der Waals surface area contributed by atoms with Crippen molar-refractivity contribution < 1.29 is 9.53 Å². The molecule has 82 valence electrons. The maximum absolute atomic E-state index is 11.6. The number of hydrogen-bond acceptors (Lipinski definition) is 2. The summed E-state index contributed by atoms with van der Waals surface area (Å²) in [6.45, 7) is 0. The normalized spacial score (nSPS) is 10.4.